The molecule has 3 rings (SSSR count). The van der Waals surface area contributed by atoms with Gasteiger partial charge in [-0.25, -0.2) is 9.67 Å². The highest BCUT2D eigenvalue weighted by molar-refractivity contribution is 5.91. The van der Waals surface area contributed by atoms with E-state index in [0.29, 0.717) is 16.9 Å². The molecule has 96 valence electrons. The maximum Gasteiger partial charge on any atom is 0.262 e. The second-order valence-corrected chi connectivity index (χ2v) is 4.41. The van der Waals surface area contributed by atoms with E-state index >= 15 is 0 Å². The molecule has 0 aliphatic carbocycles. The number of aromatic nitrogens is 4. The molecule has 3 aromatic rings. The summed E-state index contributed by atoms with van der Waals surface area (Å²) in [5, 5.41) is 4.65. The molecule has 0 unspecified atom stereocenters. The van der Waals surface area contributed by atoms with Crippen molar-refractivity contribution in [3.63, 3.8) is 0 Å². The highest BCUT2D eigenvalue weighted by atomic mass is 16.1. The molecule has 0 spiro atoms. The van der Waals surface area contributed by atoms with Crippen LogP contribution in [0.25, 0.3) is 16.9 Å². The van der Waals surface area contributed by atoms with Crippen molar-refractivity contribution in [2.45, 2.75) is 0 Å². The van der Waals surface area contributed by atoms with Crippen LogP contribution in [-0.2, 0) is 0 Å². The Bertz CT molecular complexity index is 773. The van der Waals surface area contributed by atoms with Crippen LogP contribution in [0.15, 0.2) is 41.5 Å². The van der Waals surface area contributed by atoms with Gasteiger partial charge >= 0.3 is 0 Å². The molecule has 0 bridgehead atoms. The number of hydrogen-bond donors (Lipinski definition) is 1. The molecule has 0 atom stereocenters. The second kappa shape index (κ2) is 4.24. The predicted molar refractivity (Wildman–Crippen MR) is 73.8 cm³/mol. The zero-order valence-electron chi connectivity index (χ0n) is 10.7. The first-order valence-corrected chi connectivity index (χ1v) is 5.87. The van der Waals surface area contributed by atoms with Crippen molar-refractivity contribution in [2.24, 2.45) is 0 Å². The van der Waals surface area contributed by atoms with Gasteiger partial charge in [-0.2, -0.15) is 5.10 Å². The van der Waals surface area contributed by atoms with E-state index in [2.05, 4.69) is 15.1 Å². The molecule has 2 aromatic heterocycles. The van der Waals surface area contributed by atoms with Gasteiger partial charge in [0.15, 0.2) is 0 Å². The van der Waals surface area contributed by atoms with Gasteiger partial charge in [0, 0.05) is 26.5 Å². The van der Waals surface area contributed by atoms with E-state index in [1.165, 1.54) is 4.68 Å². The molecule has 0 fully saturated rings. The van der Waals surface area contributed by atoms with E-state index in [1.54, 1.807) is 18.5 Å². The van der Waals surface area contributed by atoms with Crippen molar-refractivity contribution < 1.29 is 0 Å². The lowest BCUT2D eigenvalue weighted by Gasteiger charge is -2.14. The summed E-state index contributed by atoms with van der Waals surface area (Å²) in [4.78, 5) is 21.3. The average molecular weight is 255 g/mol. The minimum atomic E-state index is -0.167. The Labute approximate surface area is 109 Å². The lowest BCUT2D eigenvalue weighted by atomic mass is 10.2. The van der Waals surface area contributed by atoms with Crippen molar-refractivity contribution in [3.05, 3.63) is 47.0 Å². The van der Waals surface area contributed by atoms with Gasteiger partial charge in [0.2, 0.25) is 5.95 Å². The molecule has 0 aliphatic heterocycles. The summed E-state index contributed by atoms with van der Waals surface area (Å²) < 4.78 is 1.53. The largest absolute Gasteiger partial charge is 0.377 e. The molecule has 19 heavy (non-hydrogen) atoms. The molecule has 1 N–H and O–H groups in total. The molecule has 0 amide bonds. The van der Waals surface area contributed by atoms with Crippen molar-refractivity contribution in [3.8, 4) is 5.95 Å². The summed E-state index contributed by atoms with van der Waals surface area (Å²) >= 11 is 0. The molecule has 6 heteroatoms. The third-order valence-electron chi connectivity index (χ3n) is 2.90. The fraction of sp³-hybridized carbons (Fsp3) is 0.154. The Balaban J connectivity index is 2.32. The van der Waals surface area contributed by atoms with E-state index in [9.17, 15) is 4.79 Å². The molecule has 0 saturated heterocycles. The summed E-state index contributed by atoms with van der Waals surface area (Å²) in [6.07, 6.45) is 3.38. The lowest BCUT2D eigenvalue weighted by molar-refractivity contribution is 0.810. The van der Waals surface area contributed by atoms with Gasteiger partial charge in [0.05, 0.1) is 16.6 Å². The quantitative estimate of drug-likeness (QED) is 0.746. The second-order valence-electron chi connectivity index (χ2n) is 4.41. The highest BCUT2D eigenvalue weighted by Gasteiger charge is 2.10. The zero-order valence-corrected chi connectivity index (χ0v) is 10.7. The number of hydrogen-bond acceptors (Lipinski definition) is 4. The van der Waals surface area contributed by atoms with Gasteiger partial charge in [-0.05, 0) is 18.2 Å². The number of rotatable bonds is 2. The fourth-order valence-electron chi connectivity index (χ4n) is 2.04. The van der Waals surface area contributed by atoms with Crippen molar-refractivity contribution >= 4 is 16.6 Å². The molecule has 2 heterocycles. The Hall–Kier alpha value is -2.63. The molecule has 0 aliphatic rings. The lowest BCUT2D eigenvalue weighted by Crippen LogP contribution is -2.18. The van der Waals surface area contributed by atoms with Crippen LogP contribution in [0.2, 0.25) is 0 Å². The molecule has 0 saturated carbocycles. The Kier molecular flexibility index (Phi) is 2.56. The monoisotopic (exact) mass is 255 g/mol. The number of aromatic amines is 1. The van der Waals surface area contributed by atoms with Crippen LogP contribution in [0.4, 0.5) is 5.69 Å². The molecule has 6 nitrogen and oxygen atoms in total. The average Bonchev–Trinajstić information content (AvgIpc) is 2.91. The van der Waals surface area contributed by atoms with E-state index < -0.39 is 0 Å². The van der Waals surface area contributed by atoms with Crippen LogP contribution in [0, 0.1) is 0 Å². The first kappa shape index (κ1) is 11.5. The van der Waals surface area contributed by atoms with Gasteiger partial charge in [0.1, 0.15) is 0 Å². The minimum Gasteiger partial charge on any atom is -0.377 e. The minimum absolute atomic E-state index is 0.167. The van der Waals surface area contributed by atoms with Crippen LogP contribution < -0.4 is 10.5 Å². The summed E-state index contributed by atoms with van der Waals surface area (Å²) in [6, 6.07) is 7.38. The SMILES string of the molecule is CN(C)c1cccc2nc(-n3cccn3)[nH]c(=O)c12. The van der Waals surface area contributed by atoms with Gasteiger partial charge in [-0.15, -0.1) is 0 Å². The number of nitrogens with one attached hydrogen (secondary N) is 1. The molecule has 0 radical (unpaired) electrons. The summed E-state index contributed by atoms with van der Waals surface area (Å²) in [7, 11) is 3.80. The van der Waals surface area contributed by atoms with Crippen LogP contribution in [-0.4, -0.2) is 33.8 Å². The number of H-pyrrole nitrogens is 1. The highest BCUT2D eigenvalue weighted by Crippen LogP contribution is 2.20. The van der Waals surface area contributed by atoms with E-state index in [0.717, 1.165) is 5.69 Å². The Morgan fingerprint density at radius 2 is 2.11 bits per heavy atom. The predicted octanol–water partition coefficient (Wildman–Crippen LogP) is 1.17. The smallest absolute Gasteiger partial charge is 0.262 e. The van der Waals surface area contributed by atoms with Crippen LogP contribution in [0.1, 0.15) is 0 Å². The van der Waals surface area contributed by atoms with Gasteiger partial charge < -0.3 is 4.90 Å². The number of anilines is 1. The van der Waals surface area contributed by atoms with Gasteiger partial charge in [0.25, 0.3) is 5.56 Å². The van der Waals surface area contributed by atoms with E-state index in [4.69, 9.17) is 0 Å². The zero-order chi connectivity index (χ0) is 13.4. The third kappa shape index (κ3) is 1.87. The Morgan fingerprint density at radius 3 is 2.79 bits per heavy atom. The summed E-state index contributed by atoms with van der Waals surface area (Å²) in [6.45, 7) is 0. The topological polar surface area (TPSA) is 66.8 Å². The van der Waals surface area contributed by atoms with Crippen molar-refractivity contribution in [1.29, 1.82) is 0 Å². The van der Waals surface area contributed by atoms with Crippen LogP contribution >= 0.6 is 0 Å². The standard InChI is InChI=1S/C13H13N5O/c1-17(2)10-6-3-5-9-11(10)12(19)16-13(15-9)18-8-4-7-14-18/h3-8H,1-2H3,(H,15,16,19). The van der Waals surface area contributed by atoms with Crippen molar-refractivity contribution in [2.75, 3.05) is 19.0 Å². The summed E-state index contributed by atoms with van der Waals surface area (Å²) in [5.74, 6) is 0.415. The van der Waals surface area contributed by atoms with Gasteiger partial charge in [-0.1, -0.05) is 6.07 Å². The van der Waals surface area contributed by atoms with Crippen LogP contribution in [0.3, 0.4) is 0 Å². The van der Waals surface area contributed by atoms with Crippen LogP contribution in [0.5, 0.6) is 0 Å². The third-order valence-corrected chi connectivity index (χ3v) is 2.90. The fourth-order valence-corrected chi connectivity index (χ4v) is 2.04. The number of fused-ring (bicyclic) bond motifs is 1. The Morgan fingerprint density at radius 1 is 1.26 bits per heavy atom. The van der Waals surface area contributed by atoms with Gasteiger partial charge in [-0.3, -0.25) is 9.78 Å². The van der Waals surface area contributed by atoms with E-state index in [1.807, 2.05) is 37.2 Å². The first-order valence-electron chi connectivity index (χ1n) is 5.87. The molecular weight excluding hydrogens is 242 g/mol. The molecular formula is C13H13N5O. The maximum absolute atomic E-state index is 12.3. The number of benzene rings is 1. The normalized spacial score (nSPS) is 10.8. The van der Waals surface area contributed by atoms with E-state index in [-0.39, 0.29) is 5.56 Å². The first-order chi connectivity index (χ1) is 9.16. The maximum atomic E-state index is 12.3. The summed E-state index contributed by atoms with van der Waals surface area (Å²) in [5.41, 5.74) is 1.33. The molecule has 1 aromatic carbocycles. The number of nitrogens with zero attached hydrogens (tertiary/aromatic N) is 4. The van der Waals surface area contributed by atoms with Crippen molar-refractivity contribution in [1.82, 2.24) is 19.7 Å².